The Hall–Kier alpha value is -2.16. The Bertz CT molecular complexity index is 1100. The van der Waals surface area contributed by atoms with E-state index in [9.17, 15) is 23.7 Å². The van der Waals surface area contributed by atoms with Crippen molar-refractivity contribution in [3.8, 4) is 0 Å². The van der Waals surface area contributed by atoms with Crippen molar-refractivity contribution in [2.45, 2.75) is 34.1 Å². The molecule has 32 heavy (non-hydrogen) atoms. The van der Waals surface area contributed by atoms with Crippen LogP contribution in [0.15, 0.2) is 44.2 Å². The van der Waals surface area contributed by atoms with Crippen LogP contribution in [0.5, 0.6) is 0 Å². The molecular formula is C18H19N5O5S4. The molecule has 4 heterocycles. The second-order valence-corrected chi connectivity index (χ2v) is 11.5. The molecule has 2 aromatic rings. The Labute approximate surface area is 198 Å². The fourth-order valence-electron chi connectivity index (χ4n) is 3.33. The predicted octanol–water partition coefficient (Wildman–Crippen LogP) is 0.998. The van der Waals surface area contributed by atoms with Crippen LogP contribution >= 0.6 is 34.9 Å². The van der Waals surface area contributed by atoms with Crippen LogP contribution in [0.2, 0.25) is 0 Å². The molecule has 2 aliphatic heterocycles. The van der Waals surface area contributed by atoms with Gasteiger partial charge in [0, 0.05) is 18.1 Å². The maximum absolute atomic E-state index is 12.7. The lowest BCUT2D eigenvalue weighted by Gasteiger charge is -2.49. The average Bonchev–Trinajstić information content (AvgIpc) is 3.47. The summed E-state index contributed by atoms with van der Waals surface area (Å²) in [6, 6.07) is 2.61. The Morgan fingerprint density at radius 3 is 2.94 bits per heavy atom. The molecular weight excluding hydrogens is 494 g/mol. The predicted molar refractivity (Wildman–Crippen MR) is 122 cm³/mol. The number of nitrogens with one attached hydrogen (secondary N) is 1. The van der Waals surface area contributed by atoms with Crippen LogP contribution in [0.3, 0.4) is 0 Å². The molecule has 2 unspecified atom stereocenters. The average molecular weight is 514 g/mol. The van der Waals surface area contributed by atoms with Crippen LogP contribution in [0.25, 0.3) is 0 Å². The van der Waals surface area contributed by atoms with E-state index in [-0.39, 0.29) is 11.4 Å². The van der Waals surface area contributed by atoms with Gasteiger partial charge in [0.05, 0.1) is 21.2 Å². The molecule has 1 saturated heterocycles. The molecule has 0 saturated carbocycles. The number of carbonyl (C=O) groups excluding carboxylic acids is 2. The van der Waals surface area contributed by atoms with Gasteiger partial charge in [-0.15, -0.1) is 40.0 Å². The largest absolute Gasteiger partial charge is 0.477 e. The summed E-state index contributed by atoms with van der Waals surface area (Å²) in [5.74, 6) is -1.59. The fraction of sp³-hybridized carbons (Fsp3) is 0.389. The summed E-state index contributed by atoms with van der Waals surface area (Å²) >= 11 is 4.12. The van der Waals surface area contributed by atoms with Gasteiger partial charge >= 0.3 is 5.97 Å². The smallest absolute Gasteiger partial charge is 0.352 e. The van der Waals surface area contributed by atoms with Gasteiger partial charge < -0.3 is 10.4 Å². The number of amides is 2. The molecule has 0 spiro atoms. The van der Waals surface area contributed by atoms with Gasteiger partial charge in [-0.05, 0) is 23.9 Å². The minimum Gasteiger partial charge on any atom is -0.477 e. The van der Waals surface area contributed by atoms with Crippen LogP contribution < -0.4 is 5.32 Å². The van der Waals surface area contributed by atoms with Crippen LogP contribution in [-0.4, -0.2) is 75.7 Å². The van der Waals surface area contributed by atoms with Crippen molar-refractivity contribution in [1.82, 2.24) is 25.2 Å². The van der Waals surface area contributed by atoms with Crippen molar-refractivity contribution < 1.29 is 23.7 Å². The maximum Gasteiger partial charge on any atom is 0.352 e. The Kier molecular flexibility index (Phi) is 7.02. The van der Waals surface area contributed by atoms with Crippen LogP contribution in [0.4, 0.5) is 0 Å². The number of fused-ring (bicyclic) bond motifs is 1. The number of carbonyl (C=O) groups is 3. The molecule has 170 valence electrons. The van der Waals surface area contributed by atoms with Gasteiger partial charge in [0.1, 0.15) is 27.9 Å². The number of nitrogens with zero attached hydrogens (tertiary/aromatic N) is 4. The summed E-state index contributed by atoms with van der Waals surface area (Å²) in [6.07, 6.45) is 1.62. The van der Waals surface area contributed by atoms with Crippen molar-refractivity contribution >= 4 is 63.4 Å². The highest BCUT2D eigenvalue weighted by molar-refractivity contribution is 8.01. The first-order valence-corrected chi connectivity index (χ1v) is 13.8. The second kappa shape index (κ2) is 9.77. The van der Waals surface area contributed by atoms with E-state index in [0.717, 1.165) is 5.03 Å². The Morgan fingerprint density at radius 2 is 2.25 bits per heavy atom. The van der Waals surface area contributed by atoms with Crippen molar-refractivity contribution in [2.24, 2.45) is 0 Å². The highest BCUT2D eigenvalue weighted by Crippen LogP contribution is 2.41. The van der Waals surface area contributed by atoms with Crippen LogP contribution in [-0.2, 0) is 31.7 Å². The first kappa shape index (κ1) is 23.0. The summed E-state index contributed by atoms with van der Waals surface area (Å²) in [4.78, 5) is 38.3. The van der Waals surface area contributed by atoms with Crippen LogP contribution in [0, 0.1) is 0 Å². The number of β-lactam (4-membered cyclic amide) rings is 1. The zero-order chi connectivity index (χ0) is 22.8. The zero-order valence-electron chi connectivity index (χ0n) is 16.8. The van der Waals surface area contributed by atoms with Crippen LogP contribution in [0.1, 0.15) is 6.92 Å². The van der Waals surface area contributed by atoms with Crippen molar-refractivity contribution in [3.05, 3.63) is 35.0 Å². The summed E-state index contributed by atoms with van der Waals surface area (Å²) in [5, 5.41) is 22.3. The lowest BCUT2D eigenvalue weighted by atomic mass is 10.0. The summed E-state index contributed by atoms with van der Waals surface area (Å²) in [5.41, 5.74) is 0.596. The lowest BCUT2D eigenvalue weighted by molar-refractivity contribution is -0.150. The molecule has 2 N–H and O–H groups in total. The van der Waals surface area contributed by atoms with E-state index in [1.165, 1.54) is 39.8 Å². The van der Waals surface area contributed by atoms with Gasteiger partial charge in [-0.2, -0.15) is 0 Å². The monoisotopic (exact) mass is 513 g/mol. The number of aryl methyl sites for hydroxylation is 1. The maximum atomic E-state index is 12.7. The number of rotatable bonds is 9. The van der Waals surface area contributed by atoms with E-state index >= 15 is 0 Å². The first-order chi connectivity index (χ1) is 15.4. The van der Waals surface area contributed by atoms with Crippen molar-refractivity contribution in [3.63, 3.8) is 0 Å². The summed E-state index contributed by atoms with van der Waals surface area (Å²) in [6.45, 7) is 2.58. The van der Waals surface area contributed by atoms with E-state index in [1.807, 2.05) is 6.92 Å². The number of hydrogen-bond donors (Lipinski definition) is 2. The van der Waals surface area contributed by atoms with E-state index < -0.39 is 40.0 Å². The molecule has 14 heteroatoms. The van der Waals surface area contributed by atoms with Gasteiger partial charge in [0.2, 0.25) is 5.91 Å². The standard InChI is InChI=1S/C18H19N5O5S4/c1-2-22-12(6-19-21-22)30-7-10-8-31-17-14(16(25)23(17)15(10)18(26)27)20-11(24)9-32(28)13-4-3-5-29-13/h3-6,14,17H,2,7-9H2,1H3,(H,20,24)(H,26,27)/t14?,17-,32?/m1/s1. The summed E-state index contributed by atoms with van der Waals surface area (Å²) < 4.78 is 14.5. The molecule has 0 aromatic carbocycles. The number of aromatic nitrogens is 3. The van der Waals surface area contributed by atoms with E-state index in [0.29, 0.717) is 27.8 Å². The highest BCUT2D eigenvalue weighted by atomic mass is 32.2. The number of thiophene rings is 1. The molecule has 0 aliphatic carbocycles. The number of hydrogen-bond acceptors (Lipinski definition) is 9. The number of thioether (sulfide) groups is 2. The molecule has 10 nitrogen and oxygen atoms in total. The third-order valence-corrected chi connectivity index (χ3v) is 9.89. The second-order valence-electron chi connectivity index (χ2n) is 6.81. The molecule has 3 atom stereocenters. The zero-order valence-corrected chi connectivity index (χ0v) is 20.1. The van der Waals surface area contributed by atoms with Gasteiger partial charge in [-0.25, -0.2) is 9.48 Å². The number of carboxylic acids is 1. The molecule has 2 aromatic heterocycles. The van der Waals surface area contributed by atoms with Gasteiger partial charge in [-0.3, -0.25) is 18.7 Å². The minimum absolute atomic E-state index is 0.0329. The quantitative estimate of drug-likeness (QED) is 0.372. The van der Waals surface area contributed by atoms with E-state index in [1.54, 1.807) is 28.4 Å². The van der Waals surface area contributed by atoms with Crippen molar-refractivity contribution in [2.75, 3.05) is 17.3 Å². The third kappa shape index (κ3) is 4.49. The summed E-state index contributed by atoms with van der Waals surface area (Å²) in [7, 11) is -1.48. The Balaban J connectivity index is 1.42. The lowest BCUT2D eigenvalue weighted by Crippen LogP contribution is -2.70. The molecule has 0 bridgehead atoms. The third-order valence-electron chi connectivity index (χ3n) is 4.82. The van der Waals surface area contributed by atoms with Crippen molar-refractivity contribution in [1.29, 1.82) is 0 Å². The molecule has 0 radical (unpaired) electrons. The minimum atomic E-state index is -1.48. The normalized spacial score (nSPS) is 21.2. The number of aliphatic carboxylic acids is 1. The molecule has 2 amide bonds. The number of carboxylic acid groups (broad SMARTS) is 1. The van der Waals surface area contributed by atoms with Gasteiger partial charge in [-0.1, -0.05) is 11.3 Å². The van der Waals surface area contributed by atoms with E-state index in [4.69, 9.17) is 0 Å². The van der Waals surface area contributed by atoms with Gasteiger partial charge in [0.25, 0.3) is 5.91 Å². The van der Waals surface area contributed by atoms with Gasteiger partial charge in [0.15, 0.2) is 0 Å². The Morgan fingerprint density at radius 1 is 1.44 bits per heavy atom. The van der Waals surface area contributed by atoms with E-state index in [2.05, 4.69) is 15.6 Å². The molecule has 1 fully saturated rings. The fourth-order valence-corrected chi connectivity index (χ4v) is 7.72. The highest BCUT2D eigenvalue weighted by Gasteiger charge is 2.54. The SMILES string of the molecule is CCn1nncc1SCC1=C(C(=O)O)N2C(=O)C(NC(=O)CS(=O)c3cccs3)[C@H]2SC1. The molecule has 4 rings (SSSR count). The molecule has 2 aliphatic rings. The first-order valence-electron chi connectivity index (χ1n) is 9.53. The topological polar surface area (TPSA) is 134 Å².